The fourth-order valence-corrected chi connectivity index (χ4v) is 6.09. The average Bonchev–Trinajstić information content (AvgIpc) is 3.33. The van der Waals surface area contributed by atoms with Gasteiger partial charge in [-0.1, -0.05) is 6.07 Å². The van der Waals surface area contributed by atoms with E-state index in [1.54, 1.807) is 29.7 Å². The second-order valence-corrected chi connectivity index (χ2v) is 10.2. The monoisotopic (exact) mass is 405 g/mol. The number of rotatable bonds is 6. The highest BCUT2D eigenvalue weighted by Crippen LogP contribution is 2.50. The maximum absolute atomic E-state index is 12.7. The summed E-state index contributed by atoms with van der Waals surface area (Å²) in [7, 11) is -3.47. The number of carbonyl (C=O) groups is 1. The second kappa shape index (κ2) is 7.33. The Hall–Kier alpha value is -1.77. The van der Waals surface area contributed by atoms with E-state index < -0.39 is 10.0 Å². The number of piperidine rings is 1. The average molecular weight is 406 g/mol. The minimum absolute atomic E-state index is 0.121. The van der Waals surface area contributed by atoms with Crippen LogP contribution in [0.5, 0.6) is 0 Å². The highest BCUT2D eigenvalue weighted by Gasteiger charge is 2.52. The normalized spacial score (nSPS) is 20.3. The van der Waals surface area contributed by atoms with Crippen LogP contribution >= 0.6 is 11.3 Å². The van der Waals surface area contributed by atoms with Gasteiger partial charge in [-0.15, -0.1) is 11.3 Å². The molecular weight excluding hydrogens is 382 g/mol. The van der Waals surface area contributed by atoms with Crippen molar-refractivity contribution in [1.29, 1.82) is 0 Å². The first-order valence-corrected chi connectivity index (χ1v) is 11.6. The van der Waals surface area contributed by atoms with Crippen molar-refractivity contribution < 1.29 is 13.2 Å². The molecule has 1 amide bonds. The highest BCUT2D eigenvalue weighted by atomic mass is 32.2. The fourth-order valence-electron chi connectivity index (χ4n) is 3.67. The lowest BCUT2D eigenvalue weighted by atomic mass is 9.97. The molecule has 2 aromatic heterocycles. The van der Waals surface area contributed by atoms with Crippen molar-refractivity contribution in [3.05, 3.63) is 46.9 Å². The molecule has 3 heterocycles. The Balaban J connectivity index is 1.30. The predicted octanol–water partition coefficient (Wildman–Crippen LogP) is 2.39. The van der Waals surface area contributed by atoms with Gasteiger partial charge in [-0.05, 0) is 55.2 Å². The predicted molar refractivity (Wildman–Crippen MR) is 104 cm³/mol. The first kappa shape index (κ1) is 18.6. The Labute approximate surface area is 163 Å². The van der Waals surface area contributed by atoms with E-state index in [0.29, 0.717) is 25.6 Å². The number of carbonyl (C=O) groups excluding carboxylic acids is 1. The summed E-state index contributed by atoms with van der Waals surface area (Å²) in [5.41, 5.74) is -0.307. The zero-order chi connectivity index (χ0) is 18.9. The summed E-state index contributed by atoms with van der Waals surface area (Å²) < 4.78 is 26.8. The van der Waals surface area contributed by atoms with E-state index in [9.17, 15) is 13.2 Å². The number of thiophene rings is 1. The van der Waals surface area contributed by atoms with E-state index in [1.165, 1.54) is 10.5 Å². The van der Waals surface area contributed by atoms with Crippen molar-refractivity contribution in [3.8, 4) is 0 Å². The number of nitrogens with one attached hydrogen (secondary N) is 1. The van der Waals surface area contributed by atoms with E-state index in [2.05, 4.69) is 10.3 Å². The SMILES string of the molecule is O=C(NCC1CCN(S(=O)(=O)c2cccnc2)CC1)C1(c2cccs2)CC1. The number of amides is 1. The van der Waals surface area contributed by atoms with Crippen molar-refractivity contribution >= 4 is 27.3 Å². The summed E-state index contributed by atoms with van der Waals surface area (Å²) >= 11 is 1.64. The summed E-state index contributed by atoms with van der Waals surface area (Å²) in [5, 5.41) is 5.13. The van der Waals surface area contributed by atoms with Gasteiger partial charge in [0.25, 0.3) is 0 Å². The molecule has 0 unspecified atom stereocenters. The lowest BCUT2D eigenvalue weighted by Gasteiger charge is -2.31. The minimum atomic E-state index is -3.47. The zero-order valence-corrected chi connectivity index (χ0v) is 16.6. The maximum atomic E-state index is 12.7. The lowest BCUT2D eigenvalue weighted by Crippen LogP contribution is -2.43. The zero-order valence-electron chi connectivity index (χ0n) is 15.0. The van der Waals surface area contributed by atoms with Crippen LogP contribution in [0.4, 0.5) is 0 Å². The molecule has 144 valence electrons. The number of pyridine rings is 1. The van der Waals surface area contributed by atoms with Gasteiger partial charge in [0.05, 0.1) is 5.41 Å². The Bertz CT molecular complexity index is 886. The molecule has 1 N–H and O–H groups in total. The van der Waals surface area contributed by atoms with Crippen LogP contribution in [0.2, 0.25) is 0 Å². The molecule has 1 saturated heterocycles. The van der Waals surface area contributed by atoms with E-state index >= 15 is 0 Å². The van der Waals surface area contributed by atoms with Gasteiger partial charge < -0.3 is 5.32 Å². The molecule has 2 aromatic rings. The van der Waals surface area contributed by atoms with Crippen LogP contribution < -0.4 is 5.32 Å². The molecule has 27 heavy (non-hydrogen) atoms. The molecule has 0 aromatic carbocycles. The molecule has 1 saturated carbocycles. The van der Waals surface area contributed by atoms with Crippen molar-refractivity contribution in [2.45, 2.75) is 36.0 Å². The first-order valence-electron chi connectivity index (χ1n) is 9.25. The number of hydrogen-bond acceptors (Lipinski definition) is 5. The van der Waals surface area contributed by atoms with Gasteiger partial charge in [0, 0.05) is 36.9 Å². The topological polar surface area (TPSA) is 79.4 Å². The summed E-state index contributed by atoms with van der Waals surface area (Å²) in [6.45, 7) is 1.58. The second-order valence-electron chi connectivity index (χ2n) is 7.31. The number of aromatic nitrogens is 1. The van der Waals surface area contributed by atoms with E-state index in [1.807, 2.05) is 17.5 Å². The Morgan fingerprint density at radius 3 is 2.63 bits per heavy atom. The van der Waals surface area contributed by atoms with Crippen molar-refractivity contribution in [2.75, 3.05) is 19.6 Å². The minimum Gasteiger partial charge on any atom is -0.355 e. The molecule has 0 bridgehead atoms. The molecule has 0 spiro atoms. The third-order valence-corrected chi connectivity index (χ3v) is 8.53. The Kier molecular flexibility index (Phi) is 5.05. The standard InChI is InChI=1S/C19H23N3O3S2/c23-18(19(7-8-19)17-4-2-12-26-17)21-13-15-5-10-22(11-6-15)27(24,25)16-3-1-9-20-14-16/h1-4,9,12,14-15H,5-8,10-11,13H2,(H,21,23). The molecule has 2 aliphatic rings. The first-order chi connectivity index (χ1) is 13.0. The van der Waals surface area contributed by atoms with Crippen molar-refractivity contribution in [2.24, 2.45) is 5.92 Å². The molecule has 4 rings (SSSR count). The third kappa shape index (κ3) is 3.66. The van der Waals surface area contributed by atoms with Gasteiger partial charge in [-0.3, -0.25) is 9.78 Å². The smallest absolute Gasteiger partial charge is 0.244 e. The molecule has 6 nitrogen and oxygen atoms in total. The number of sulfonamides is 1. The summed E-state index contributed by atoms with van der Waals surface area (Å²) in [6.07, 6.45) is 6.30. The Morgan fingerprint density at radius 2 is 2.04 bits per heavy atom. The summed E-state index contributed by atoms with van der Waals surface area (Å²) in [4.78, 5) is 18.0. The molecule has 1 aliphatic carbocycles. The van der Waals surface area contributed by atoms with Crippen LogP contribution in [0.3, 0.4) is 0 Å². The van der Waals surface area contributed by atoms with E-state index in [-0.39, 0.29) is 16.2 Å². The molecule has 8 heteroatoms. The molecule has 0 atom stereocenters. The maximum Gasteiger partial charge on any atom is 0.244 e. The van der Waals surface area contributed by atoms with Crippen molar-refractivity contribution in [1.82, 2.24) is 14.6 Å². The number of hydrogen-bond donors (Lipinski definition) is 1. The Morgan fingerprint density at radius 1 is 1.26 bits per heavy atom. The van der Waals surface area contributed by atoms with Crippen LogP contribution in [-0.4, -0.2) is 43.2 Å². The molecule has 2 fully saturated rings. The van der Waals surface area contributed by atoms with Crippen LogP contribution in [0.15, 0.2) is 46.9 Å². The molecule has 0 radical (unpaired) electrons. The molecule has 1 aliphatic heterocycles. The van der Waals surface area contributed by atoms with E-state index in [0.717, 1.165) is 30.6 Å². The number of nitrogens with zero attached hydrogens (tertiary/aromatic N) is 2. The van der Waals surface area contributed by atoms with Gasteiger partial charge in [0.15, 0.2) is 0 Å². The fraction of sp³-hybridized carbons (Fsp3) is 0.474. The quantitative estimate of drug-likeness (QED) is 0.800. The van der Waals surface area contributed by atoms with Gasteiger partial charge >= 0.3 is 0 Å². The van der Waals surface area contributed by atoms with Crippen LogP contribution in [0.1, 0.15) is 30.6 Å². The van der Waals surface area contributed by atoms with E-state index in [4.69, 9.17) is 0 Å². The van der Waals surface area contributed by atoms with Crippen molar-refractivity contribution in [3.63, 3.8) is 0 Å². The molecular formula is C19H23N3O3S2. The van der Waals surface area contributed by atoms with Crippen LogP contribution in [0, 0.1) is 5.92 Å². The van der Waals surface area contributed by atoms with Gasteiger partial charge in [0.1, 0.15) is 4.90 Å². The summed E-state index contributed by atoms with van der Waals surface area (Å²) in [6, 6.07) is 7.25. The highest BCUT2D eigenvalue weighted by molar-refractivity contribution is 7.89. The van der Waals surface area contributed by atoms with Crippen LogP contribution in [-0.2, 0) is 20.2 Å². The third-order valence-electron chi connectivity index (χ3n) is 5.57. The van der Waals surface area contributed by atoms with Gasteiger partial charge in [-0.2, -0.15) is 4.31 Å². The van der Waals surface area contributed by atoms with Crippen LogP contribution in [0.25, 0.3) is 0 Å². The van der Waals surface area contributed by atoms with Gasteiger partial charge in [0.2, 0.25) is 15.9 Å². The summed E-state index contributed by atoms with van der Waals surface area (Å²) in [5.74, 6) is 0.434. The van der Waals surface area contributed by atoms with Gasteiger partial charge in [-0.25, -0.2) is 8.42 Å². The largest absolute Gasteiger partial charge is 0.355 e. The lowest BCUT2D eigenvalue weighted by molar-refractivity contribution is -0.123.